The zero-order chi connectivity index (χ0) is 13.5. The van der Waals surface area contributed by atoms with E-state index in [4.69, 9.17) is 10.5 Å². The van der Waals surface area contributed by atoms with Gasteiger partial charge in [0.2, 0.25) is 0 Å². The third-order valence-corrected chi connectivity index (χ3v) is 5.13. The molecule has 0 radical (unpaired) electrons. The summed E-state index contributed by atoms with van der Waals surface area (Å²) in [5.41, 5.74) is 6.17. The summed E-state index contributed by atoms with van der Waals surface area (Å²) in [5.74, 6) is 0.993. The summed E-state index contributed by atoms with van der Waals surface area (Å²) < 4.78 is 6.75. The number of thioether (sulfide) groups is 1. The maximum absolute atomic E-state index is 6.17. The highest BCUT2D eigenvalue weighted by Gasteiger charge is 2.15. The third kappa shape index (κ3) is 5.86. The van der Waals surface area contributed by atoms with E-state index >= 15 is 0 Å². The summed E-state index contributed by atoms with van der Waals surface area (Å²) in [6, 6.07) is 8.70. The van der Waals surface area contributed by atoms with Crippen LogP contribution in [0.15, 0.2) is 33.6 Å². The lowest BCUT2D eigenvalue weighted by Crippen LogP contribution is -2.23. The van der Waals surface area contributed by atoms with Gasteiger partial charge in [-0.25, -0.2) is 0 Å². The van der Waals surface area contributed by atoms with Gasteiger partial charge in [-0.15, -0.1) is 11.8 Å². The fourth-order valence-electron chi connectivity index (χ4n) is 2.30. The number of benzene rings is 1. The van der Waals surface area contributed by atoms with Crippen molar-refractivity contribution in [1.82, 2.24) is 0 Å². The second kappa shape index (κ2) is 8.30. The molecular formula is C15H22BrNOS. The zero-order valence-corrected chi connectivity index (χ0v) is 13.6. The Morgan fingerprint density at radius 2 is 2.16 bits per heavy atom. The molecule has 2 N–H and O–H groups in total. The van der Waals surface area contributed by atoms with Crippen molar-refractivity contribution in [2.75, 3.05) is 12.4 Å². The Balaban J connectivity index is 1.58. The number of hydrogen-bond acceptors (Lipinski definition) is 3. The van der Waals surface area contributed by atoms with Crippen molar-refractivity contribution >= 4 is 27.7 Å². The Labute approximate surface area is 128 Å². The molecule has 0 aromatic heterocycles. The second-order valence-corrected chi connectivity index (χ2v) is 7.10. The van der Waals surface area contributed by atoms with Crippen LogP contribution in [-0.4, -0.2) is 24.5 Å². The van der Waals surface area contributed by atoms with Crippen molar-refractivity contribution in [3.63, 3.8) is 0 Å². The van der Waals surface area contributed by atoms with E-state index in [2.05, 4.69) is 40.2 Å². The van der Waals surface area contributed by atoms with E-state index < -0.39 is 0 Å². The molecule has 1 aromatic carbocycles. The molecule has 1 aromatic rings. The predicted octanol–water partition coefficient (Wildman–Crippen LogP) is 4.22. The molecular weight excluding hydrogens is 322 g/mol. The predicted molar refractivity (Wildman–Crippen MR) is 85.7 cm³/mol. The highest BCUT2D eigenvalue weighted by Crippen LogP contribution is 2.22. The average Bonchev–Trinajstić information content (AvgIpc) is 2.91. The summed E-state index contributed by atoms with van der Waals surface area (Å²) >= 11 is 5.29. The fourth-order valence-corrected chi connectivity index (χ4v) is 3.46. The van der Waals surface area contributed by atoms with Crippen LogP contribution in [0.25, 0.3) is 0 Å². The van der Waals surface area contributed by atoms with E-state index in [9.17, 15) is 0 Å². The summed E-state index contributed by atoms with van der Waals surface area (Å²) in [7, 11) is 0. The maximum atomic E-state index is 6.17. The lowest BCUT2D eigenvalue weighted by Gasteiger charge is -2.13. The monoisotopic (exact) mass is 343 g/mol. The minimum absolute atomic E-state index is 0.287. The Morgan fingerprint density at radius 1 is 1.37 bits per heavy atom. The molecule has 2 unspecified atom stereocenters. The van der Waals surface area contributed by atoms with Crippen LogP contribution in [0.3, 0.4) is 0 Å². The maximum Gasteiger partial charge on any atom is 0.0576 e. The van der Waals surface area contributed by atoms with E-state index in [1.54, 1.807) is 0 Å². The third-order valence-electron chi connectivity index (χ3n) is 3.40. The van der Waals surface area contributed by atoms with E-state index in [1.165, 1.54) is 30.6 Å². The van der Waals surface area contributed by atoms with Crippen molar-refractivity contribution < 1.29 is 4.74 Å². The molecule has 1 saturated heterocycles. The van der Waals surface area contributed by atoms with Crippen LogP contribution in [0, 0.1) is 0 Å². The van der Waals surface area contributed by atoms with Gasteiger partial charge in [-0.2, -0.15) is 0 Å². The topological polar surface area (TPSA) is 35.2 Å². The van der Waals surface area contributed by atoms with Crippen LogP contribution in [0.2, 0.25) is 0 Å². The Bertz CT molecular complexity index is 365. The molecule has 1 heterocycles. The van der Waals surface area contributed by atoms with Gasteiger partial charge < -0.3 is 10.5 Å². The highest BCUT2D eigenvalue weighted by atomic mass is 79.9. The van der Waals surface area contributed by atoms with Crippen molar-refractivity contribution in [3.8, 4) is 0 Å². The fraction of sp³-hybridized carbons (Fsp3) is 0.600. The van der Waals surface area contributed by atoms with Gasteiger partial charge in [-0.1, -0.05) is 15.9 Å². The van der Waals surface area contributed by atoms with Crippen molar-refractivity contribution in [2.24, 2.45) is 5.73 Å². The lowest BCUT2D eigenvalue weighted by molar-refractivity contribution is 0.102. The van der Waals surface area contributed by atoms with Crippen LogP contribution in [-0.2, 0) is 4.74 Å². The number of hydrogen-bond donors (Lipinski definition) is 1. The van der Waals surface area contributed by atoms with Crippen LogP contribution in [0.4, 0.5) is 0 Å². The number of nitrogens with two attached hydrogens (primary N) is 1. The molecule has 2 atom stereocenters. The van der Waals surface area contributed by atoms with E-state index in [0.29, 0.717) is 6.10 Å². The van der Waals surface area contributed by atoms with Gasteiger partial charge in [0.1, 0.15) is 0 Å². The molecule has 0 bridgehead atoms. The van der Waals surface area contributed by atoms with Crippen LogP contribution < -0.4 is 5.73 Å². The molecule has 19 heavy (non-hydrogen) atoms. The van der Waals surface area contributed by atoms with E-state index in [0.717, 1.165) is 23.3 Å². The summed E-state index contributed by atoms with van der Waals surface area (Å²) in [4.78, 5) is 1.29. The van der Waals surface area contributed by atoms with E-state index in [1.807, 2.05) is 11.8 Å². The Kier molecular flexibility index (Phi) is 6.71. The second-order valence-electron chi connectivity index (χ2n) is 5.09. The zero-order valence-electron chi connectivity index (χ0n) is 11.2. The standard InChI is InChI=1S/C15H22BrNOS/c16-12-6-8-15(9-7-12)19-11-13(17)3-1-4-14-5-2-10-18-14/h6-9,13-14H,1-5,10-11,17H2. The first-order chi connectivity index (χ1) is 9.24. The minimum Gasteiger partial charge on any atom is -0.378 e. The summed E-state index contributed by atoms with van der Waals surface area (Å²) in [6.07, 6.45) is 6.44. The van der Waals surface area contributed by atoms with Crippen molar-refractivity contribution in [1.29, 1.82) is 0 Å². The molecule has 0 aliphatic carbocycles. The first-order valence-corrected chi connectivity index (χ1v) is 8.77. The van der Waals surface area contributed by atoms with Gasteiger partial charge in [-0.05, 0) is 56.4 Å². The van der Waals surface area contributed by atoms with Crippen LogP contribution in [0.5, 0.6) is 0 Å². The molecule has 2 rings (SSSR count). The molecule has 0 saturated carbocycles. The number of ether oxygens (including phenoxy) is 1. The minimum atomic E-state index is 0.287. The molecule has 1 fully saturated rings. The molecule has 106 valence electrons. The first-order valence-electron chi connectivity index (χ1n) is 6.99. The van der Waals surface area contributed by atoms with Crippen molar-refractivity contribution in [3.05, 3.63) is 28.7 Å². The van der Waals surface area contributed by atoms with Gasteiger partial charge in [0, 0.05) is 27.8 Å². The SMILES string of the molecule is NC(CCCC1CCCO1)CSc1ccc(Br)cc1. The molecule has 4 heteroatoms. The van der Waals surface area contributed by atoms with Crippen molar-refractivity contribution in [2.45, 2.75) is 49.1 Å². The van der Waals surface area contributed by atoms with Gasteiger partial charge >= 0.3 is 0 Å². The molecule has 0 amide bonds. The molecule has 1 aliphatic heterocycles. The smallest absolute Gasteiger partial charge is 0.0576 e. The quantitative estimate of drug-likeness (QED) is 0.753. The Hall–Kier alpha value is -0.0300. The summed E-state index contributed by atoms with van der Waals surface area (Å²) in [5, 5.41) is 0. The average molecular weight is 344 g/mol. The van der Waals surface area contributed by atoms with Gasteiger partial charge in [0.05, 0.1) is 6.10 Å². The highest BCUT2D eigenvalue weighted by molar-refractivity contribution is 9.10. The van der Waals surface area contributed by atoms with Gasteiger partial charge in [0.15, 0.2) is 0 Å². The molecule has 0 spiro atoms. The van der Waals surface area contributed by atoms with Crippen LogP contribution >= 0.6 is 27.7 Å². The molecule has 2 nitrogen and oxygen atoms in total. The number of halogens is 1. The normalized spacial score (nSPS) is 20.6. The van der Waals surface area contributed by atoms with Crippen LogP contribution in [0.1, 0.15) is 32.1 Å². The van der Waals surface area contributed by atoms with Gasteiger partial charge in [0.25, 0.3) is 0 Å². The summed E-state index contributed by atoms with van der Waals surface area (Å²) in [6.45, 7) is 0.955. The lowest BCUT2D eigenvalue weighted by atomic mass is 10.1. The Morgan fingerprint density at radius 3 is 2.84 bits per heavy atom. The van der Waals surface area contributed by atoms with E-state index in [-0.39, 0.29) is 6.04 Å². The first kappa shape index (κ1) is 15.4. The number of rotatable bonds is 7. The molecule has 1 aliphatic rings. The van der Waals surface area contributed by atoms with Gasteiger partial charge in [-0.3, -0.25) is 0 Å². The largest absolute Gasteiger partial charge is 0.378 e.